The zero-order valence-electron chi connectivity index (χ0n) is 13.3. The maximum atomic E-state index is 12.2. The molecule has 2 N–H and O–H groups in total. The highest BCUT2D eigenvalue weighted by molar-refractivity contribution is 7.19. The molecule has 2 amide bonds. The van der Waals surface area contributed by atoms with Crippen LogP contribution in [0.1, 0.15) is 18.4 Å². The van der Waals surface area contributed by atoms with Crippen LogP contribution in [0.4, 0.5) is 9.93 Å². The largest absolute Gasteiger partial charge is 0.391 e. The van der Waals surface area contributed by atoms with Gasteiger partial charge in [-0.05, 0) is 36.8 Å². The minimum Gasteiger partial charge on any atom is -0.391 e. The summed E-state index contributed by atoms with van der Waals surface area (Å²) in [6.07, 6.45) is 3.47. The Balaban J connectivity index is 1.62. The predicted octanol–water partition coefficient (Wildman–Crippen LogP) is 3.35. The van der Waals surface area contributed by atoms with Crippen molar-refractivity contribution in [3.05, 3.63) is 36.0 Å². The summed E-state index contributed by atoms with van der Waals surface area (Å²) in [5, 5.41) is 13.3. The highest BCUT2D eigenvalue weighted by atomic mass is 32.1. The number of anilines is 1. The molecule has 1 saturated carbocycles. The number of aryl methyl sites for hydroxylation is 1. The number of urea groups is 1. The lowest BCUT2D eigenvalue weighted by atomic mass is 10.1. The molecule has 23 heavy (non-hydrogen) atoms. The Morgan fingerprint density at radius 1 is 1.48 bits per heavy atom. The minimum atomic E-state index is -0.426. The number of thiazole rings is 1. The van der Waals surface area contributed by atoms with Gasteiger partial charge in [0.1, 0.15) is 0 Å². The highest BCUT2D eigenvalue weighted by Crippen LogP contribution is 2.33. The second-order valence-corrected chi connectivity index (χ2v) is 7.09. The van der Waals surface area contributed by atoms with E-state index in [-0.39, 0.29) is 6.03 Å². The summed E-state index contributed by atoms with van der Waals surface area (Å²) in [5.41, 5.74) is 2.31. The first-order valence-corrected chi connectivity index (χ1v) is 8.58. The first kappa shape index (κ1) is 16.0. The molecule has 1 aromatic heterocycles. The van der Waals surface area contributed by atoms with Gasteiger partial charge in [0.25, 0.3) is 0 Å². The van der Waals surface area contributed by atoms with Gasteiger partial charge in [-0.2, -0.15) is 0 Å². The van der Waals surface area contributed by atoms with Crippen molar-refractivity contribution in [1.82, 2.24) is 9.88 Å². The number of amides is 2. The van der Waals surface area contributed by atoms with E-state index in [2.05, 4.69) is 23.3 Å². The Labute approximate surface area is 140 Å². The fraction of sp³-hybridized carbons (Fsp3) is 0.412. The van der Waals surface area contributed by atoms with Crippen molar-refractivity contribution < 1.29 is 9.90 Å². The number of nitrogens with zero attached hydrogens (tertiary/aromatic N) is 2. The van der Waals surface area contributed by atoms with E-state index in [0.29, 0.717) is 17.6 Å². The summed E-state index contributed by atoms with van der Waals surface area (Å²) < 4.78 is 0. The number of aliphatic hydroxyl groups excluding tert-OH is 1. The number of hydrogen-bond acceptors (Lipinski definition) is 4. The van der Waals surface area contributed by atoms with Crippen molar-refractivity contribution in [1.29, 1.82) is 0 Å². The van der Waals surface area contributed by atoms with Gasteiger partial charge in [0.15, 0.2) is 5.13 Å². The van der Waals surface area contributed by atoms with Crippen LogP contribution in [0, 0.1) is 12.8 Å². The van der Waals surface area contributed by atoms with E-state index >= 15 is 0 Å². The molecule has 2 aromatic rings. The average molecular weight is 331 g/mol. The van der Waals surface area contributed by atoms with E-state index in [1.165, 1.54) is 21.8 Å². The number of aliphatic hydroxyl groups is 1. The summed E-state index contributed by atoms with van der Waals surface area (Å²) in [6.45, 7) is 2.41. The third kappa shape index (κ3) is 3.89. The van der Waals surface area contributed by atoms with Crippen molar-refractivity contribution in [3.63, 3.8) is 0 Å². The molecule has 6 heteroatoms. The maximum absolute atomic E-state index is 12.2. The van der Waals surface area contributed by atoms with Crippen LogP contribution in [0.3, 0.4) is 0 Å². The van der Waals surface area contributed by atoms with Gasteiger partial charge in [-0.1, -0.05) is 35.6 Å². The number of carbonyl (C=O) groups is 1. The van der Waals surface area contributed by atoms with Crippen LogP contribution < -0.4 is 5.32 Å². The fourth-order valence-electron chi connectivity index (χ4n) is 2.49. The van der Waals surface area contributed by atoms with Gasteiger partial charge in [0, 0.05) is 19.8 Å². The van der Waals surface area contributed by atoms with Crippen molar-refractivity contribution in [2.75, 3.05) is 18.9 Å². The molecule has 0 saturated heterocycles. The molecule has 1 atom stereocenters. The third-order valence-electron chi connectivity index (χ3n) is 4.10. The number of carbonyl (C=O) groups excluding carboxylic acids is 1. The quantitative estimate of drug-likeness (QED) is 0.883. The van der Waals surface area contributed by atoms with Gasteiger partial charge < -0.3 is 10.0 Å². The monoisotopic (exact) mass is 331 g/mol. The van der Waals surface area contributed by atoms with E-state index in [0.717, 1.165) is 23.3 Å². The molecule has 0 spiro atoms. The van der Waals surface area contributed by atoms with E-state index in [9.17, 15) is 9.90 Å². The van der Waals surface area contributed by atoms with Crippen LogP contribution in [-0.2, 0) is 0 Å². The average Bonchev–Trinajstić information content (AvgIpc) is 3.28. The summed E-state index contributed by atoms with van der Waals surface area (Å²) in [6, 6.07) is 7.86. The lowest BCUT2D eigenvalue weighted by Gasteiger charge is -2.20. The van der Waals surface area contributed by atoms with Gasteiger partial charge in [0.05, 0.1) is 11.0 Å². The number of hydrogen-bond donors (Lipinski definition) is 2. The normalized spacial score (nSPS) is 15.3. The van der Waals surface area contributed by atoms with Crippen LogP contribution in [0.15, 0.2) is 30.5 Å². The number of likely N-dealkylation sites (N-methyl/N-ethyl adjacent to an activating group) is 1. The van der Waals surface area contributed by atoms with Crippen LogP contribution >= 0.6 is 11.3 Å². The van der Waals surface area contributed by atoms with Crippen molar-refractivity contribution in [2.24, 2.45) is 5.92 Å². The Hall–Kier alpha value is -1.92. The molecule has 0 aliphatic heterocycles. The van der Waals surface area contributed by atoms with E-state index in [1.54, 1.807) is 13.2 Å². The third-order valence-corrected chi connectivity index (χ3v) is 5.05. The zero-order valence-corrected chi connectivity index (χ0v) is 14.1. The van der Waals surface area contributed by atoms with Crippen molar-refractivity contribution in [3.8, 4) is 10.4 Å². The SMILES string of the molecule is Cc1ccccc1-c1cnc(NC(=O)N(C)CC(O)C2CC2)s1. The van der Waals surface area contributed by atoms with Crippen LogP contribution in [0.25, 0.3) is 10.4 Å². The summed E-state index contributed by atoms with van der Waals surface area (Å²) in [7, 11) is 1.69. The van der Waals surface area contributed by atoms with Crippen LogP contribution in [-0.4, -0.2) is 40.7 Å². The molecule has 1 aliphatic rings. The van der Waals surface area contributed by atoms with Gasteiger partial charge in [-0.3, -0.25) is 5.32 Å². The molecular weight excluding hydrogens is 310 g/mol. The summed E-state index contributed by atoms with van der Waals surface area (Å²) in [4.78, 5) is 19.0. The molecule has 3 rings (SSSR count). The van der Waals surface area contributed by atoms with E-state index in [1.807, 2.05) is 18.2 Å². The summed E-state index contributed by atoms with van der Waals surface area (Å²) in [5.74, 6) is 0.359. The zero-order chi connectivity index (χ0) is 16.4. The molecule has 1 aromatic carbocycles. The van der Waals surface area contributed by atoms with E-state index in [4.69, 9.17) is 0 Å². The Bertz CT molecular complexity index is 697. The standard InChI is InChI=1S/C17H21N3O2S/c1-11-5-3-4-6-13(11)15-9-18-16(23-15)19-17(22)20(2)10-14(21)12-7-8-12/h3-6,9,12,14,21H,7-8,10H2,1-2H3,(H,18,19,22). The molecule has 1 heterocycles. The molecule has 5 nitrogen and oxygen atoms in total. The Morgan fingerprint density at radius 2 is 2.22 bits per heavy atom. The van der Waals surface area contributed by atoms with Crippen molar-refractivity contribution in [2.45, 2.75) is 25.9 Å². The van der Waals surface area contributed by atoms with Crippen molar-refractivity contribution >= 4 is 22.5 Å². The number of nitrogens with one attached hydrogen (secondary N) is 1. The van der Waals surface area contributed by atoms with Gasteiger partial charge in [-0.25, -0.2) is 9.78 Å². The fourth-order valence-corrected chi connectivity index (χ4v) is 3.38. The predicted molar refractivity (Wildman–Crippen MR) is 92.7 cm³/mol. The molecule has 0 radical (unpaired) electrons. The molecule has 122 valence electrons. The second-order valence-electron chi connectivity index (χ2n) is 6.06. The Morgan fingerprint density at radius 3 is 2.91 bits per heavy atom. The minimum absolute atomic E-state index is 0.240. The number of aromatic nitrogens is 1. The second kappa shape index (κ2) is 6.68. The van der Waals surface area contributed by atoms with Gasteiger partial charge in [0.2, 0.25) is 0 Å². The first-order valence-electron chi connectivity index (χ1n) is 7.76. The van der Waals surface area contributed by atoms with Gasteiger partial charge >= 0.3 is 6.03 Å². The molecular formula is C17H21N3O2S. The Kier molecular flexibility index (Phi) is 4.63. The molecule has 1 fully saturated rings. The molecule has 1 aliphatic carbocycles. The lowest BCUT2D eigenvalue weighted by Crippen LogP contribution is -2.37. The first-order chi connectivity index (χ1) is 11.0. The van der Waals surface area contributed by atoms with Crippen LogP contribution in [0.5, 0.6) is 0 Å². The summed E-state index contributed by atoms with van der Waals surface area (Å²) >= 11 is 1.45. The smallest absolute Gasteiger partial charge is 0.323 e. The van der Waals surface area contributed by atoms with E-state index < -0.39 is 6.10 Å². The maximum Gasteiger partial charge on any atom is 0.323 e. The topological polar surface area (TPSA) is 65.5 Å². The lowest BCUT2D eigenvalue weighted by molar-refractivity contribution is 0.117. The van der Waals surface area contributed by atoms with Crippen LogP contribution in [0.2, 0.25) is 0 Å². The highest BCUT2D eigenvalue weighted by Gasteiger charge is 2.31. The number of rotatable bonds is 5. The molecule has 0 bridgehead atoms. The molecule has 1 unspecified atom stereocenters. The number of benzene rings is 1. The van der Waals surface area contributed by atoms with Gasteiger partial charge in [-0.15, -0.1) is 0 Å².